The standard InChI is InChI=1S/C9H11BrN2O/c1-6-4-9(12-11-8(6)3)13-5-7(2)10/h4H,2,5H2,1,3H3. The first-order valence-corrected chi connectivity index (χ1v) is 4.66. The third-order valence-corrected chi connectivity index (χ3v) is 1.81. The summed E-state index contributed by atoms with van der Waals surface area (Å²) >= 11 is 3.20. The Kier molecular flexibility index (Phi) is 3.42. The van der Waals surface area contributed by atoms with E-state index in [0.29, 0.717) is 12.5 Å². The van der Waals surface area contributed by atoms with Gasteiger partial charge in [-0.3, -0.25) is 0 Å². The lowest BCUT2D eigenvalue weighted by molar-refractivity contribution is 0.341. The van der Waals surface area contributed by atoms with E-state index >= 15 is 0 Å². The van der Waals surface area contributed by atoms with Gasteiger partial charge in [-0.25, -0.2) is 0 Å². The Labute approximate surface area is 86.0 Å². The molecule has 3 nitrogen and oxygen atoms in total. The molecule has 0 unspecified atom stereocenters. The Morgan fingerprint density at radius 1 is 1.54 bits per heavy atom. The number of rotatable bonds is 3. The average Bonchev–Trinajstić information content (AvgIpc) is 2.07. The predicted molar refractivity (Wildman–Crippen MR) is 55.1 cm³/mol. The average molecular weight is 243 g/mol. The fourth-order valence-corrected chi connectivity index (χ4v) is 0.859. The molecule has 0 spiro atoms. The second kappa shape index (κ2) is 4.37. The van der Waals surface area contributed by atoms with Crippen LogP contribution in [0.15, 0.2) is 17.1 Å². The van der Waals surface area contributed by atoms with Crippen molar-refractivity contribution in [2.24, 2.45) is 0 Å². The number of hydrogen-bond acceptors (Lipinski definition) is 3. The van der Waals surface area contributed by atoms with Gasteiger partial charge >= 0.3 is 0 Å². The van der Waals surface area contributed by atoms with Gasteiger partial charge in [0.25, 0.3) is 0 Å². The first-order chi connectivity index (χ1) is 6.09. The third-order valence-electron chi connectivity index (χ3n) is 1.59. The Bertz CT molecular complexity index is 325. The second-order valence-electron chi connectivity index (χ2n) is 2.76. The Morgan fingerprint density at radius 2 is 2.23 bits per heavy atom. The Hall–Kier alpha value is -0.900. The molecule has 0 saturated carbocycles. The van der Waals surface area contributed by atoms with E-state index in [2.05, 4.69) is 32.7 Å². The van der Waals surface area contributed by atoms with Crippen molar-refractivity contribution in [3.8, 4) is 5.88 Å². The molecule has 0 N–H and O–H groups in total. The van der Waals surface area contributed by atoms with E-state index in [1.54, 1.807) is 0 Å². The van der Waals surface area contributed by atoms with Crippen molar-refractivity contribution in [2.75, 3.05) is 6.61 Å². The van der Waals surface area contributed by atoms with Gasteiger partial charge in [0.1, 0.15) is 6.61 Å². The molecule has 0 saturated heterocycles. The fourth-order valence-electron chi connectivity index (χ4n) is 0.744. The lowest BCUT2D eigenvalue weighted by atomic mass is 10.2. The van der Waals surface area contributed by atoms with E-state index in [0.717, 1.165) is 15.7 Å². The maximum Gasteiger partial charge on any atom is 0.234 e. The molecular formula is C9H11BrN2O. The molecule has 0 fully saturated rings. The van der Waals surface area contributed by atoms with Crippen molar-refractivity contribution >= 4 is 15.9 Å². The minimum absolute atomic E-state index is 0.414. The maximum absolute atomic E-state index is 5.28. The summed E-state index contributed by atoms with van der Waals surface area (Å²) in [6.45, 7) is 7.95. The molecule has 1 aromatic rings. The van der Waals surface area contributed by atoms with Crippen LogP contribution in [0, 0.1) is 13.8 Å². The summed E-state index contributed by atoms with van der Waals surface area (Å²) in [7, 11) is 0. The van der Waals surface area contributed by atoms with Crippen molar-refractivity contribution in [2.45, 2.75) is 13.8 Å². The molecule has 0 amide bonds. The number of hydrogen-bond donors (Lipinski definition) is 0. The summed E-state index contributed by atoms with van der Waals surface area (Å²) in [4.78, 5) is 0. The van der Waals surface area contributed by atoms with Gasteiger partial charge in [0.05, 0.1) is 5.69 Å². The van der Waals surface area contributed by atoms with Crippen LogP contribution in [0.3, 0.4) is 0 Å². The van der Waals surface area contributed by atoms with Gasteiger partial charge in [-0.05, 0) is 19.4 Å². The molecule has 0 aliphatic rings. The summed E-state index contributed by atoms with van der Waals surface area (Å²) in [5, 5.41) is 7.81. The van der Waals surface area contributed by atoms with E-state index in [1.807, 2.05) is 19.9 Å². The van der Waals surface area contributed by atoms with E-state index in [1.165, 1.54) is 0 Å². The molecule has 0 aromatic carbocycles. The number of aromatic nitrogens is 2. The molecule has 70 valence electrons. The van der Waals surface area contributed by atoms with Gasteiger partial charge in [0, 0.05) is 10.5 Å². The van der Waals surface area contributed by atoms with Crippen LogP contribution in [0.4, 0.5) is 0 Å². The monoisotopic (exact) mass is 242 g/mol. The van der Waals surface area contributed by atoms with Gasteiger partial charge < -0.3 is 4.74 Å². The van der Waals surface area contributed by atoms with Crippen LogP contribution < -0.4 is 4.74 Å². The van der Waals surface area contributed by atoms with Gasteiger partial charge in [-0.15, -0.1) is 5.10 Å². The highest BCUT2D eigenvalue weighted by atomic mass is 79.9. The molecular weight excluding hydrogens is 232 g/mol. The summed E-state index contributed by atoms with van der Waals surface area (Å²) in [5.41, 5.74) is 2.00. The van der Waals surface area contributed by atoms with Crippen LogP contribution in [0.1, 0.15) is 11.3 Å². The molecule has 0 aliphatic carbocycles. The zero-order chi connectivity index (χ0) is 9.84. The van der Waals surface area contributed by atoms with Crippen LogP contribution >= 0.6 is 15.9 Å². The topological polar surface area (TPSA) is 35.0 Å². The predicted octanol–water partition coefficient (Wildman–Crippen LogP) is 2.38. The summed E-state index contributed by atoms with van der Waals surface area (Å²) in [6, 6.07) is 1.86. The maximum atomic E-state index is 5.28. The van der Waals surface area contributed by atoms with Crippen LogP contribution in [0.25, 0.3) is 0 Å². The molecule has 1 rings (SSSR count). The van der Waals surface area contributed by atoms with E-state index < -0.39 is 0 Å². The van der Waals surface area contributed by atoms with Crippen molar-refractivity contribution < 1.29 is 4.74 Å². The number of ether oxygens (including phenoxy) is 1. The van der Waals surface area contributed by atoms with Gasteiger partial charge in [-0.2, -0.15) is 5.10 Å². The molecule has 4 heteroatoms. The minimum atomic E-state index is 0.414. The molecule has 0 atom stereocenters. The van der Waals surface area contributed by atoms with Crippen LogP contribution in [-0.2, 0) is 0 Å². The van der Waals surface area contributed by atoms with Gasteiger partial charge in [0.15, 0.2) is 0 Å². The minimum Gasteiger partial charge on any atom is -0.471 e. The molecule has 1 heterocycles. The number of aryl methyl sites for hydroxylation is 2. The van der Waals surface area contributed by atoms with Crippen LogP contribution in [0.5, 0.6) is 5.88 Å². The molecule has 0 bridgehead atoms. The van der Waals surface area contributed by atoms with Gasteiger partial charge in [0.2, 0.25) is 5.88 Å². The Morgan fingerprint density at radius 3 is 2.77 bits per heavy atom. The third kappa shape index (κ3) is 3.14. The zero-order valence-electron chi connectivity index (χ0n) is 7.67. The summed E-state index contributed by atoms with van der Waals surface area (Å²) in [6.07, 6.45) is 0. The first kappa shape index (κ1) is 10.2. The van der Waals surface area contributed by atoms with Crippen molar-refractivity contribution in [3.05, 3.63) is 28.4 Å². The number of halogens is 1. The lowest BCUT2D eigenvalue weighted by Gasteiger charge is -2.04. The SMILES string of the molecule is C=C(Br)COc1cc(C)c(C)nn1. The number of nitrogens with zero attached hydrogens (tertiary/aromatic N) is 2. The van der Waals surface area contributed by atoms with Crippen molar-refractivity contribution in [1.29, 1.82) is 0 Å². The zero-order valence-corrected chi connectivity index (χ0v) is 9.26. The largest absolute Gasteiger partial charge is 0.471 e. The highest BCUT2D eigenvalue weighted by Gasteiger charge is 2.00. The molecule has 0 radical (unpaired) electrons. The smallest absolute Gasteiger partial charge is 0.234 e. The van der Waals surface area contributed by atoms with E-state index in [9.17, 15) is 0 Å². The quantitative estimate of drug-likeness (QED) is 0.817. The summed E-state index contributed by atoms with van der Waals surface area (Å²) < 4.78 is 6.07. The highest BCUT2D eigenvalue weighted by Crippen LogP contribution is 2.11. The first-order valence-electron chi connectivity index (χ1n) is 3.86. The van der Waals surface area contributed by atoms with E-state index in [4.69, 9.17) is 4.74 Å². The second-order valence-corrected chi connectivity index (χ2v) is 3.88. The highest BCUT2D eigenvalue weighted by molar-refractivity contribution is 9.11. The molecule has 0 aliphatic heterocycles. The summed E-state index contributed by atoms with van der Waals surface area (Å²) in [5.74, 6) is 0.531. The molecule has 13 heavy (non-hydrogen) atoms. The van der Waals surface area contributed by atoms with Crippen molar-refractivity contribution in [3.63, 3.8) is 0 Å². The lowest BCUT2D eigenvalue weighted by Crippen LogP contribution is -2.01. The fraction of sp³-hybridized carbons (Fsp3) is 0.333. The van der Waals surface area contributed by atoms with Crippen LogP contribution in [-0.4, -0.2) is 16.8 Å². The van der Waals surface area contributed by atoms with E-state index in [-0.39, 0.29) is 0 Å². The molecule has 1 aromatic heterocycles. The van der Waals surface area contributed by atoms with Crippen molar-refractivity contribution in [1.82, 2.24) is 10.2 Å². The Balaban J connectivity index is 2.68. The van der Waals surface area contributed by atoms with Crippen LogP contribution in [0.2, 0.25) is 0 Å². The van der Waals surface area contributed by atoms with Gasteiger partial charge in [-0.1, -0.05) is 22.5 Å². The normalized spacial score (nSPS) is 9.77.